The molecule has 0 bridgehead atoms. The normalized spacial score (nSPS) is 20.4. The van der Waals surface area contributed by atoms with Crippen molar-refractivity contribution in [1.82, 2.24) is 35.3 Å². The van der Waals surface area contributed by atoms with E-state index in [2.05, 4.69) is 55.7 Å². The zero-order chi connectivity index (χ0) is 40.2. The number of aromatic nitrogens is 4. The van der Waals surface area contributed by atoms with E-state index in [9.17, 15) is 14.4 Å². The summed E-state index contributed by atoms with van der Waals surface area (Å²) in [6, 6.07) is 12.3. The number of H-pyrrole nitrogens is 1. The van der Waals surface area contributed by atoms with Gasteiger partial charge >= 0.3 is 0 Å². The Morgan fingerprint density at radius 2 is 1.60 bits per heavy atom. The third-order valence-electron chi connectivity index (χ3n) is 11.1. The number of ether oxygens (including phenoxy) is 5. The van der Waals surface area contributed by atoms with Crippen LogP contribution in [0.1, 0.15) is 60.2 Å². The number of imide groups is 1. The molecule has 2 saturated heterocycles. The minimum absolute atomic E-state index is 0.0558. The summed E-state index contributed by atoms with van der Waals surface area (Å²) in [7, 11) is 0. The van der Waals surface area contributed by atoms with Crippen LogP contribution in [0.4, 0.5) is 5.82 Å². The lowest BCUT2D eigenvalue weighted by Gasteiger charge is -2.40. The Labute approximate surface area is 336 Å². The number of rotatable bonds is 18. The van der Waals surface area contributed by atoms with Gasteiger partial charge < -0.3 is 33.9 Å². The molecule has 306 valence electrons. The standard InChI is InChI=1S/C42H50N8O8/c1-27-4-9-36(39(51)45-27)50-40(52)31-7-5-29(22-32(31)41(50)53)57-21-20-56-19-18-55-17-16-54-15-14-48-12-13-49(25-28(48)2)37-24-35(43-26-44-37)38-33-23-30(58-42(3)10-11-42)6-8-34(33)46-47-38/h5-8,22-24,26,28,36H,1,4,9-21,25H2,2-3H3,(H,45,51)(H,46,47)/t28-,36?/m0/s1. The van der Waals surface area contributed by atoms with Gasteiger partial charge in [-0.2, -0.15) is 5.10 Å². The number of piperidine rings is 1. The van der Waals surface area contributed by atoms with Gasteiger partial charge in [-0.05, 0) is 75.9 Å². The molecule has 8 rings (SSSR count). The first-order chi connectivity index (χ1) is 28.2. The minimum Gasteiger partial charge on any atom is -0.491 e. The van der Waals surface area contributed by atoms with Crippen LogP contribution in [0.3, 0.4) is 0 Å². The Kier molecular flexibility index (Phi) is 11.7. The number of piperazine rings is 1. The summed E-state index contributed by atoms with van der Waals surface area (Å²) in [6.45, 7) is 14.5. The number of hydrogen-bond donors (Lipinski definition) is 2. The van der Waals surface area contributed by atoms with Crippen LogP contribution in [-0.2, 0) is 19.0 Å². The van der Waals surface area contributed by atoms with E-state index in [-0.39, 0.29) is 23.3 Å². The molecule has 0 radical (unpaired) electrons. The second-order valence-electron chi connectivity index (χ2n) is 15.4. The van der Waals surface area contributed by atoms with Crippen molar-refractivity contribution in [2.75, 3.05) is 77.3 Å². The highest BCUT2D eigenvalue weighted by atomic mass is 16.6. The van der Waals surface area contributed by atoms with Gasteiger partial charge in [0.15, 0.2) is 0 Å². The zero-order valence-electron chi connectivity index (χ0n) is 33.0. The highest BCUT2D eigenvalue weighted by molar-refractivity contribution is 6.23. The molecular weight excluding hydrogens is 745 g/mol. The number of aromatic amines is 1. The molecule has 3 fully saturated rings. The molecule has 1 saturated carbocycles. The van der Waals surface area contributed by atoms with E-state index in [0.29, 0.717) is 70.0 Å². The molecule has 16 heteroatoms. The fraction of sp³-hybridized carbons (Fsp3) is 0.476. The van der Waals surface area contributed by atoms with Crippen LogP contribution >= 0.6 is 0 Å². The molecule has 3 aliphatic heterocycles. The first-order valence-corrected chi connectivity index (χ1v) is 20.0. The maximum Gasteiger partial charge on any atom is 0.262 e. The molecule has 1 aliphatic carbocycles. The lowest BCUT2D eigenvalue weighted by Crippen LogP contribution is -2.53. The molecule has 1 unspecified atom stereocenters. The monoisotopic (exact) mass is 794 g/mol. The van der Waals surface area contributed by atoms with Crippen molar-refractivity contribution in [2.24, 2.45) is 0 Å². The van der Waals surface area contributed by atoms with E-state index in [1.807, 2.05) is 24.3 Å². The van der Waals surface area contributed by atoms with E-state index in [4.69, 9.17) is 23.7 Å². The van der Waals surface area contributed by atoms with Gasteiger partial charge in [-0.3, -0.25) is 29.3 Å². The van der Waals surface area contributed by atoms with Gasteiger partial charge in [-0.25, -0.2) is 9.97 Å². The number of carbonyl (C=O) groups is 3. The molecular formula is C42H50N8O8. The molecule has 4 aliphatic rings. The summed E-state index contributed by atoms with van der Waals surface area (Å²) in [5.74, 6) is 0.807. The van der Waals surface area contributed by atoms with Crippen LogP contribution < -0.4 is 19.7 Å². The Morgan fingerprint density at radius 3 is 2.36 bits per heavy atom. The number of anilines is 1. The van der Waals surface area contributed by atoms with Crippen LogP contribution in [0.5, 0.6) is 11.5 Å². The number of allylic oxidation sites excluding steroid dienone is 1. The van der Waals surface area contributed by atoms with Crippen LogP contribution in [0.15, 0.2) is 61.1 Å². The molecule has 3 amide bonds. The second kappa shape index (κ2) is 17.2. The van der Waals surface area contributed by atoms with Crippen molar-refractivity contribution in [3.05, 3.63) is 72.2 Å². The van der Waals surface area contributed by atoms with Gasteiger partial charge in [0.2, 0.25) is 5.91 Å². The summed E-state index contributed by atoms with van der Waals surface area (Å²) in [4.78, 5) is 53.4. The molecule has 2 aromatic heterocycles. The maximum absolute atomic E-state index is 13.1. The number of nitrogens with one attached hydrogen (secondary N) is 2. The quantitative estimate of drug-likeness (QED) is 0.110. The Hall–Kier alpha value is -5.42. The third kappa shape index (κ3) is 8.84. The van der Waals surface area contributed by atoms with Crippen molar-refractivity contribution >= 4 is 34.4 Å². The van der Waals surface area contributed by atoms with Gasteiger partial charge in [0.1, 0.15) is 47.6 Å². The Morgan fingerprint density at radius 1 is 0.862 bits per heavy atom. The summed E-state index contributed by atoms with van der Waals surface area (Å²) in [6.07, 6.45) is 4.63. The molecule has 58 heavy (non-hydrogen) atoms. The van der Waals surface area contributed by atoms with Gasteiger partial charge in [0, 0.05) is 49.4 Å². The number of amides is 3. The average molecular weight is 795 g/mol. The van der Waals surface area contributed by atoms with E-state index in [1.54, 1.807) is 24.5 Å². The Balaban J connectivity index is 0.685. The number of fused-ring (bicyclic) bond motifs is 2. The predicted molar refractivity (Wildman–Crippen MR) is 214 cm³/mol. The highest BCUT2D eigenvalue weighted by Crippen LogP contribution is 2.41. The molecule has 0 spiro atoms. The van der Waals surface area contributed by atoms with Gasteiger partial charge in [-0.15, -0.1) is 0 Å². The first-order valence-electron chi connectivity index (χ1n) is 20.0. The zero-order valence-corrected chi connectivity index (χ0v) is 33.0. The summed E-state index contributed by atoms with van der Waals surface area (Å²) in [5, 5.41) is 11.3. The van der Waals surface area contributed by atoms with Crippen LogP contribution in [0.2, 0.25) is 0 Å². The van der Waals surface area contributed by atoms with Crippen molar-refractivity contribution in [3.63, 3.8) is 0 Å². The SMILES string of the molecule is C=C1CCC(N2C(=O)c3ccc(OCCOCCOCCOCCN4CCN(c5cc(-c6n[nH]c7ccc(OC8(C)CC8)cc67)ncn5)C[C@@H]4C)cc3C2=O)C(=O)N1. The third-order valence-corrected chi connectivity index (χ3v) is 11.1. The van der Waals surface area contributed by atoms with Crippen molar-refractivity contribution in [1.29, 1.82) is 0 Å². The smallest absolute Gasteiger partial charge is 0.262 e. The minimum atomic E-state index is -0.852. The highest BCUT2D eigenvalue weighted by Gasteiger charge is 2.44. The average Bonchev–Trinajstić information content (AvgIpc) is 3.70. The van der Waals surface area contributed by atoms with E-state index in [0.717, 1.165) is 77.8 Å². The molecule has 2 aromatic carbocycles. The molecule has 5 heterocycles. The molecule has 2 atom stereocenters. The van der Waals surface area contributed by atoms with Crippen LogP contribution in [-0.4, -0.2) is 138 Å². The second-order valence-corrected chi connectivity index (χ2v) is 15.4. The van der Waals surface area contributed by atoms with Gasteiger partial charge in [0.05, 0.1) is 62.0 Å². The van der Waals surface area contributed by atoms with Crippen molar-refractivity contribution in [3.8, 4) is 22.9 Å². The van der Waals surface area contributed by atoms with Gasteiger partial charge in [-0.1, -0.05) is 6.58 Å². The number of carbonyl (C=O) groups excluding carboxylic acids is 3. The molecule has 4 aromatic rings. The number of nitrogens with zero attached hydrogens (tertiary/aromatic N) is 6. The summed E-state index contributed by atoms with van der Waals surface area (Å²) in [5.41, 5.74) is 3.52. The first kappa shape index (κ1) is 39.4. The van der Waals surface area contributed by atoms with E-state index < -0.39 is 23.8 Å². The van der Waals surface area contributed by atoms with E-state index >= 15 is 0 Å². The summed E-state index contributed by atoms with van der Waals surface area (Å²) >= 11 is 0. The topological polar surface area (TPSA) is 174 Å². The predicted octanol–water partition coefficient (Wildman–Crippen LogP) is 3.98. The number of benzene rings is 2. The molecule has 2 N–H and O–H groups in total. The Bertz CT molecular complexity index is 2170. The van der Waals surface area contributed by atoms with Crippen LogP contribution in [0.25, 0.3) is 22.3 Å². The van der Waals surface area contributed by atoms with Crippen molar-refractivity contribution in [2.45, 2.75) is 57.2 Å². The summed E-state index contributed by atoms with van der Waals surface area (Å²) < 4.78 is 29.1. The lowest BCUT2D eigenvalue weighted by molar-refractivity contribution is -0.125. The number of hydrogen-bond acceptors (Lipinski definition) is 13. The fourth-order valence-electron chi connectivity index (χ4n) is 7.56. The van der Waals surface area contributed by atoms with Crippen molar-refractivity contribution < 1.29 is 38.1 Å². The lowest BCUT2D eigenvalue weighted by atomic mass is 10.0. The fourth-order valence-corrected chi connectivity index (χ4v) is 7.56. The molecule has 16 nitrogen and oxygen atoms in total. The van der Waals surface area contributed by atoms with Crippen LogP contribution in [0, 0.1) is 0 Å². The largest absolute Gasteiger partial charge is 0.491 e. The maximum atomic E-state index is 13.1. The van der Waals surface area contributed by atoms with E-state index in [1.165, 1.54) is 0 Å². The van der Waals surface area contributed by atoms with Gasteiger partial charge in [0.25, 0.3) is 11.8 Å².